The zero-order chi connectivity index (χ0) is 8.85. The van der Waals surface area contributed by atoms with E-state index in [1.807, 2.05) is 0 Å². The zero-order valence-corrected chi connectivity index (χ0v) is 6.66. The normalized spacial score (nSPS) is 15.5. The second-order valence-electron chi connectivity index (χ2n) is 2.71. The predicted octanol–water partition coefficient (Wildman–Crippen LogP) is 0.121. The molecule has 3 heteroatoms. The summed E-state index contributed by atoms with van der Waals surface area (Å²) < 4.78 is 0. The molecule has 0 radical (unpaired) electrons. The lowest BCUT2D eigenvalue weighted by Crippen LogP contribution is -2.21. The molecule has 0 rings (SSSR count). The van der Waals surface area contributed by atoms with Crippen molar-refractivity contribution in [3.8, 4) is 0 Å². The third kappa shape index (κ3) is 3.91. The maximum Gasteiger partial charge on any atom is 0.145 e. The Labute approximate surface area is 66.4 Å². The van der Waals surface area contributed by atoms with Crippen molar-refractivity contribution in [2.75, 3.05) is 6.61 Å². The highest BCUT2D eigenvalue weighted by Crippen LogP contribution is 2.09. The first-order valence-electron chi connectivity index (χ1n) is 3.53. The lowest BCUT2D eigenvalue weighted by molar-refractivity contribution is -0.105. The van der Waals surface area contributed by atoms with Crippen molar-refractivity contribution in [2.45, 2.75) is 19.4 Å². The average Bonchev–Trinajstić information content (AvgIpc) is 2.02. The molecule has 0 heterocycles. The molecule has 0 saturated heterocycles. The number of rotatable bonds is 5. The molecule has 0 bridgehead atoms. The van der Waals surface area contributed by atoms with Crippen LogP contribution in [0.5, 0.6) is 0 Å². The number of aldehydes is 1. The summed E-state index contributed by atoms with van der Waals surface area (Å²) in [6.07, 6.45) is 0.191. The Balaban J connectivity index is 3.76. The van der Waals surface area contributed by atoms with Crippen LogP contribution in [0.4, 0.5) is 0 Å². The van der Waals surface area contributed by atoms with Gasteiger partial charge in [0.2, 0.25) is 0 Å². The smallest absolute Gasteiger partial charge is 0.145 e. The molecule has 0 saturated carbocycles. The van der Waals surface area contributed by atoms with Crippen molar-refractivity contribution in [1.29, 1.82) is 0 Å². The molecule has 0 amide bonds. The fraction of sp³-hybridized carbons (Fsp3) is 0.625. The molecule has 0 aromatic carbocycles. The van der Waals surface area contributed by atoms with Crippen LogP contribution in [-0.4, -0.2) is 29.2 Å². The third-order valence-corrected chi connectivity index (χ3v) is 1.58. The van der Waals surface area contributed by atoms with Gasteiger partial charge in [0, 0.05) is 18.9 Å². The van der Waals surface area contributed by atoms with Crippen LogP contribution in [-0.2, 0) is 4.79 Å². The van der Waals surface area contributed by atoms with Crippen molar-refractivity contribution in [1.82, 2.24) is 0 Å². The van der Waals surface area contributed by atoms with Gasteiger partial charge in [-0.2, -0.15) is 0 Å². The molecule has 11 heavy (non-hydrogen) atoms. The summed E-state index contributed by atoms with van der Waals surface area (Å²) in [5.74, 6) is -0.202. The molecule has 0 aliphatic heterocycles. The first-order chi connectivity index (χ1) is 5.11. The monoisotopic (exact) mass is 158 g/mol. The van der Waals surface area contributed by atoms with Gasteiger partial charge in [0.25, 0.3) is 0 Å². The largest absolute Gasteiger partial charge is 0.396 e. The van der Waals surface area contributed by atoms with E-state index in [4.69, 9.17) is 5.11 Å². The quantitative estimate of drug-likeness (QED) is 0.441. The molecular formula is C8H14O3. The second-order valence-corrected chi connectivity index (χ2v) is 2.71. The number of hydrogen-bond donors (Lipinski definition) is 2. The van der Waals surface area contributed by atoms with Crippen LogP contribution in [0.1, 0.15) is 13.3 Å². The minimum absolute atomic E-state index is 0.0761. The Kier molecular flexibility index (Phi) is 4.74. The second kappa shape index (κ2) is 5.04. The molecule has 0 aliphatic carbocycles. The number of carbonyl (C=O) groups excluding carboxylic acids is 1. The van der Waals surface area contributed by atoms with Crippen LogP contribution < -0.4 is 0 Å². The van der Waals surface area contributed by atoms with Gasteiger partial charge in [-0.3, -0.25) is 4.79 Å². The van der Waals surface area contributed by atoms with E-state index in [-0.39, 0.29) is 18.9 Å². The molecule has 0 spiro atoms. The molecule has 64 valence electrons. The van der Waals surface area contributed by atoms with Crippen molar-refractivity contribution < 1.29 is 15.0 Å². The molecule has 2 N–H and O–H groups in total. The first-order valence-corrected chi connectivity index (χ1v) is 3.53. The van der Waals surface area contributed by atoms with Crippen LogP contribution in [0.2, 0.25) is 0 Å². The van der Waals surface area contributed by atoms with Crippen LogP contribution in [0.3, 0.4) is 0 Å². The lowest BCUT2D eigenvalue weighted by atomic mass is 10.00. The standard InChI is InChI=1S/C8H14O3/c1-6(4-9)3-8(11)7(2)5-10/h4,7-8,10-11H,1,3,5H2,2H3. The molecule has 0 fully saturated rings. The van der Waals surface area contributed by atoms with Gasteiger partial charge in [-0.1, -0.05) is 13.5 Å². The number of aliphatic hydroxyl groups is 2. The first kappa shape index (κ1) is 10.3. The number of hydrogen-bond acceptors (Lipinski definition) is 3. The molecule has 0 aromatic heterocycles. The summed E-state index contributed by atoms with van der Waals surface area (Å²) in [6.45, 7) is 5.06. The highest BCUT2D eigenvalue weighted by atomic mass is 16.3. The maximum atomic E-state index is 10.1. The summed E-state index contributed by atoms with van der Waals surface area (Å²) in [4.78, 5) is 10.1. The van der Waals surface area contributed by atoms with Crippen LogP contribution in [0.15, 0.2) is 12.2 Å². The molecule has 0 aromatic rings. The minimum Gasteiger partial charge on any atom is -0.396 e. The summed E-state index contributed by atoms with van der Waals surface area (Å²) in [7, 11) is 0. The van der Waals surface area contributed by atoms with Crippen molar-refractivity contribution >= 4 is 6.29 Å². The Hall–Kier alpha value is -0.670. The van der Waals surface area contributed by atoms with Gasteiger partial charge in [0.15, 0.2) is 0 Å². The van der Waals surface area contributed by atoms with Crippen molar-refractivity contribution in [2.24, 2.45) is 5.92 Å². The van der Waals surface area contributed by atoms with E-state index in [0.29, 0.717) is 11.9 Å². The predicted molar refractivity (Wildman–Crippen MR) is 42.1 cm³/mol. The van der Waals surface area contributed by atoms with E-state index in [0.717, 1.165) is 0 Å². The van der Waals surface area contributed by atoms with Gasteiger partial charge in [-0.15, -0.1) is 0 Å². The summed E-state index contributed by atoms with van der Waals surface area (Å²) in [5.41, 5.74) is 0.359. The van der Waals surface area contributed by atoms with E-state index in [9.17, 15) is 9.90 Å². The van der Waals surface area contributed by atoms with E-state index >= 15 is 0 Å². The molecule has 0 aliphatic rings. The maximum absolute atomic E-state index is 10.1. The molecule has 2 unspecified atom stereocenters. The SMILES string of the molecule is C=C(C=O)CC(O)C(C)CO. The Bertz CT molecular complexity index is 142. The molecular weight excluding hydrogens is 144 g/mol. The number of aliphatic hydroxyl groups excluding tert-OH is 2. The zero-order valence-electron chi connectivity index (χ0n) is 6.66. The Morgan fingerprint density at radius 1 is 1.73 bits per heavy atom. The van der Waals surface area contributed by atoms with E-state index in [2.05, 4.69) is 6.58 Å². The lowest BCUT2D eigenvalue weighted by Gasteiger charge is -2.15. The van der Waals surface area contributed by atoms with Gasteiger partial charge in [-0.05, 0) is 5.57 Å². The highest BCUT2D eigenvalue weighted by Gasteiger charge is 2.13. The van der Waals surface area contributed by atoms with Crippen molar-refractivity contribution in [3.63, 3.8) is 0 Å². The average molecular weight is 158 g/mol. The topological polar surface area (TPSA) is 57.5 Å². The number of carbonyl (C=O) groups is 1. The van der Waals surface area contributed by atoms with Crippen LogP contribution >= 0.6 is 0 Å². The third-order valence-electron chi connectivity index (χ3n) is 1.58. The molecule has 3 nitrogen and oxygen atoms in total. The van der Waals surface area contributed by atoms with Gasteiger partial charge in [-0.25, -0.2) is 0 Å². The van der Waals surface area contributed by atoms with E-state index in [1.165, 1.54) is 0 Å². The highest BCUT2D eigenvalue weighted by molar-refractivity contribution is 5.71. The summed E-state index contributed by atoms with van der Waals surface area (Å²) in [6, 6.07) is 0. The van der Waals surface area contributed by atoms with Gasteiger partial charge < -0.3 is 10.2 Å². The minimum atomic E-state index is -0.669. The van der Waals surface area contributed by atoms with Gasteiger partial charge in [0.05, 0.1) is 6.10 Å². The van der Waals surface area contributed by atoms with E-state index < -0.39 is 6.10 Å². The van der Waals surface area contributed by atoms with Crippen LogP contribution in [0.25, 0.3) is 0 Å². The fourth-order valence-corrected chi connectivity index (χ4v) is 0.640. The summed E-state index contributed by atoms with van der Waals surface area (Å²) >= 11 is 0. The van der Waals surface area contributed by atoms with Gasteiger partial charge in [0.1, 0.15) is 6.29 Å². The fourth-order valence-electron chi connectivity index (χ4n) is 0.640. The molecule has 2 atom stereocenters. The van der Waals surface area contributed by atoms with Gasteiger partial charge >= 0.3 is 0 Å². The van der Waals surface area contributed by atoms with Crippen LogP contribution in [0, 0.1) is 5.92 Å². The Morgan fingerprint density at radius 2 is 2.27 bits per heavy atom. The Morgan fingerprint density at radius 3 is 2.64 bits per heavy atom. The van der Waals surface area contributed by atoms with Crippen molar-refractivity contribution in [3.05, 3.63) is 12.2 Å². The summed E-state index contributed by atoms with van der Waals surface area (Å²) in [5, 5.41) is 17.9. The van der Waals surface area contributed by atoms with E-state index in [1.54, 1.807) is 6.92 Å².